The highest BCUT2D eigenvalue weighted by Crippen LogP contribution is 2.41. The molecule has 0 fully saturated rings. The number of aryl methyl sites for hydroxylation is 1. The van der Waals surface area contributed by atoms with Gasteiger partial charge in [0.1, 0.15) is 11.8 Å². The van der Waals surface area contributed by atoms with Crippen molar-refractivity contribution in [1.82, 2.24) is 10.8 Å². The van der Waals surface area contributed by atoms with Crippen molar-refractivity contribution in [3.8, 4) is 5.75 Å². The molecule has 6 N–H and O–H groups in total. The molecule has 1 amide bonds. The van der Waals surface area contributed by atoms with E-state index in [-0.39, 0.29) is 36.7 Å². The summed E-state index contributed by atoms with van der Waals surface area (Å²) in [4.78, 5) is 28.0. The van der Waals surface area contributed by atoms with Gasteiger partial charge in [-0.1, -0.05) is 11.6 Å². The highest BCUT2D eigenvalue weighted by molar-refractivity contribution is 6.32. The highest BCUT2D eigenvalue weighted by Gasteiger charge is 2.49. The fraction of sp³-hybridized carbons (Fsp3) is 0.450. The van der Waals surface area contributed by atoms with Crippen molar-refractivity contribution < 1.29 is 37.8 Å². The van der Waals surface area contributed by atoms with Gasteiger partial charge < -0.3 is 20.9 Å². The molecular formula is C20H24ClF3N4O5. The van der Waals surface area contributed by atoms with Gasteiger partial charge in [0.25, 0.3) is 5.91 Å². The molecule has 0 saturated heterocycles. The van der Waals surface area contributed by atoms with Crippen molar-refractivity contribution in [2.45, 2.75) is 51.4 Å². The predicted octanol–water partition coefficient (Wildman–Crippen LogP) is 2.70. The number of nitrogens with one attached hydrogen (secondary N) is 2. The number of benzene rings is 1. The third-order valence-corrected chi connectivity index (χ3v) is 5.56. The number of rotatable bonds is 8. The van der Waals surface area contributed by atoms with E-state index in [1.165, 1.54) is 6.07 Å². The van der Waals surface area contributed by atoms with E-state index in [0.717, 1.165) is 6.08 Å². The first-order chi connectivity index (χ1) is 15.4. The number of amides is 1. The molecule has 1 aliphatic rings. The number of nitrogens with two attached hydrogens (primary N) is 1. The Morgan fingerprint density at radius 1 is 1.33 bits per heavy atom. The Morgan fingerprint density at radius 3 is 2.58 bits per heavy atom. The minimum absolute atomic E-state index is 0.0610. The van der Waals surface area contributed by atoms with Crippen molar-refractivity contribution in [3.63, 3.8) is 0 Å². The number of carboxylic acids is 1. The van der Waals surface area contributed by atoms with E-state index < -0.39 is 35.8 Å². The Morgan fingerprint density at radius 2 is 2.00 bits per heavy atom. The second-order valence-electron chi connectivity index (χ2n) is 7.42. The van der Waals surface area contributed by atoms with Crippen LogP contribution in [0.15, 0.2) is 16.6 Å². The number of hydrogen-bond donors (Lipinski definition) is 5. The second-order valence-corrected chi connectivity index (χ2v) is 7.80. The van der Waals surface area contributed by atoms with Crippen LogP contribution in [0, 0.1) is 13.8 Å². The van der Waals surface area contributed by atoms with Gasteiger partial charge in [-0.2, -0.15) is 13.2 Å². The molecule has 0 radical (unpaired) electrons. The third kappa shape index (κ3) is 6.51. The normalized spacial score (nSPS) is 16.9. The van der Waals surface area contributed by atoms with E-state index in [4.69, 9.17) is 27.3 Å². The summed E-state index contributed by atoms with van der Waals surface area (Å²) in [6.45, 7) is 3.37. The fourth-order valence-corrected chi connectivity index (χ4v) is 3.41. The van der Waals surface area contributed by atoms with Crippen LogP contribution < -0.4 is 21.3 Å². The molecule has 13 heteroatoms. The summed E-state index contributed by atoms with van der Waals surface area (Å²) >= 11 is 6.19. The minimum atomic E-state index is -4.92. The Labute approximate surface area is 192 Å². The molecule has 0 saturated carbocycles. The van der Waals surface area contributed by atoms with Crippen molar-refractivity contribution >= 4 is 35.5 Å². The first kappa shape index (κ1) is 26.3. The van der Waals surface area contributed by atoms with E-state index in [9.17, 15) is 27.9 Å². The number of aliphatic imine (C=N–C) groups is 1. The minimum Gasteiger partial charge on any atom is -0.480 e. The molecule has 0 aliphatic carbocycles. The van der Waals surface area contributed by atoms with Crippen molar-refractivity contribution in [1.29, 1.82) is 0 Å². The number of fused-ring (bicyclic) bond motifs is 1. The summed E-state index contributed by atoms with van der Waals surface area (Å²) in [5.41, 5.74) is 7.28. The first-order valence-electron chi connectivity index (χ1n) is 9.85. The first-order valence-corrected chi connectivity index (χ1v) is 10.2. The van der Waals surface area contributed by atoms with Gasteiger partial charge in [0, 0.05) is 17.1 Å². The number of hydroxylamine groups is 1. The van der Waals surface area contributed by atoms with Gasteiger partial charge in [-0.3, -0.25) is 15.0 Å². The lowest BCUT2D eigenvalue weighted by molar-refractivity contribution is -0.185. The predicted molar refractivity (Wildman–Crippen MR) is 114 cm³/mol. The maximum atomic E-state index is 13.7. The summed E-state index contributed by atoms with van der Waals surface area (Å²) in [5.74, 6) is -2.90. The van der Waals surface area contributed by atoms with Crippen LogP contribution in [-0.4, -0.2) is 53.0 Å². The van der Waals surface area contributed by atoms with E-state index in [1.54, 1.807) is 19.3 Å². The number of carbonyl (C=O) groups excluding carboxylic acids is 1. The number of unbranched alkanes of at least 4 members (excludes halogenated alkanes) is 1. The second kappa shape index (κ2) is 10.8. The molecule has 1 unspecified atom stereocenters. The fourth-order valence-electron chi connectivity index (χ4n) is 3.26. The van der Waals surface area contributed by atoms with E-state index >= 15 is 0 Å². The average Bonchev–Trinajstić information content (AvgIpc) is 2.74. The molecule has 0 bridgehead atoms. The Kier molecular flexibility index (Phi) is 8.56. The largest absolute Gasteiger partial charge is 0.480 e. The lowest BCUT2D eigenvalue weighted by Gasteiger charge is -2.30. The molecule has 1 heterocycles. The van der Waals surface area contributed by atoms with Crippen LogP contribution in [0.2, 0.25) is 5.02 Å². The monoisotopic (exact) mass is 492 g/mol. The Balaban J connectivity index is 2.24. The van der Waals surface area contributed by atoms with Crippen LogP contribution in [0.4, 0.5) is 13.2 Å². The Hall–Kier alpha value is -2.99. The average molecular weight is 493 g/mol. The van der Waals surface area contributed by atoms with Gasteiger partial charge in [0.15, 0.2) is 0 Å². The van der Waals surface area contributed by atoms with Crippen LogP contribution in [0.3, 0.4) is 0 Å². The van der Waals surface area contributed by atoms with Crippen LogP contribution in [0.25, 0.3) is 6.08 Å². The van der Waals surface area contributed by atoms with Crippen molar-refractivity contribution in [2.75, 3.05) is 6.54 Å². The number of carboxylic acid groups (broad SMARTS) is 1. The number of carbonyl (C=O) groups is 2. The standard InChI is InChI=1S/C20H24ClF3N4O5/c1-9-7-14-11(10(2)15(9)21)8-12(16(33-14)20(22,23)24)17(29)27-13(18(30)31)5-3-4-6-26-19(25)28-32/h7-8,13,16,32H,3-6H2,1-2H3,(H,27,29)(H,30,31)(H3,25,26,28)/t13?,16-/m0/s1. The summed E-state index contributed by atoms with van der Waals surface area (Å²) in [6.07, 6.45) is -5.88. The topological polar surface area (TPSA) is 146 Å². The van der Waals surface area contributed by atoms with E-state index in [0.29, 0.717) is 22.6 Å². The van der Waals surface area contributed by atoms with Crippen molar-refractivity contribution in [3.05, 3.63) is 33.4 Å². The molecule has 2 rings (SSSR count). The van der Waals surface area contributed by atoms with Gasteiger partial charge in [-0.25, -0.2) is 10.3 Å². The molecule has 1 aromatic carbocycles. The number of nitrogens with zero attached hydrogens (tertiary/aromatic N) is 1. The molecular weight excluding hydrogens is 469 g/mol. The van der Waals surface area contributed by atoms with Gasteiger partial charge in [0.2, 0.25) is 12.1 Å². The SMILES string of the molecule is Cc1cc2c(c(C)c1Cl)C=C(C(=O)NC(CCCCN=C(N)NO)C(=O)O)[C@@H](C(F)(F)F)O2. The Bertz CT molecular complexity index is 981. The maximum Gasteiger partial charge on any atom is 0.429 e. The summed E-state index contributed by atoms with van der Waals surface area (Å²) in [7, 11) is 0. The number of alkyl halides is 3. The molecule has 9 nitrogen and oxygen atoms in total. The molecule has 1 aromatic rings. The maximum absolute atomic E-state index is 13.7. The molecule has 2 atom stereocenters. The van der Waals surface area contributed by atoms with Crippen LogP contribution in [0.1, 0.15) is 36.0 Å². The zero-order valence-electron chi connectivity index (χ0n) is 17.8. The zero-order valence-corrected chi connectivity index (χ0v) is 18.5. The molecule has 1 aliphatic heterocycles. The summed E-state index contributed by atoms with van der Waals surface area (Å²) in [5, 5.41) is 20.4. The zero-order chi connectivity index (χ0) is 24.9. The smallest absolute Gasteiger partial charge is 0.429 e. The van der Waals surface area contributed by atoms with Gasteiger partial charge >= 0.3 is 12.1 Å². The number of aliphatic carboxylic acids is 1. The number of halogens is 4. The lowest BCUT2D eigenvalue weighted by Crippen LogP contribution is -2.47. The van der Waals surface area contributed by atoms with Gasteiger partial charge in [-0.05, 0) is 56.4 Å². The lowest BCUT2D eigenvalue weighted by atomic mass is 9.95. The molecule has 0 spiro atoms. The van der Waals surface area contributed by atoms with E-state index in [1.807, 2.05) is 0 Å². The third-order valence-electron chi connectivity index (χ3n) is 4.98. The molecule has 182 valence electrons. The van der Waals surface area contributed by atoms with Gasteiger partial charge in [0.05, 0.1) is 5.57 Å². The van der Waals surface area contributed by atoms with Crippen LogP contribution in [0.5, 0.6) is 5.75 Å². The van der Waals surface area contributed by atoms with Crippen LogP contribution in [-0.2, 0) is 9.59 Å². The van der Waals surface area contributed by atoms with Crippen LogP contribution >= 0.6 is 11.6 Å². The van der Waals surface area contributed by atoms with Gasteiger partial charge in [-0.15, -0.1) is 0 Å². The molecule has 33 heavy (non-hydrogen) atoms. The number of guanidine groups is 1. The molecule has 0 aromatic heterocycles. The van der Waals surface area contributed by atoms with Crippen molar-refractivity contribution in [2.24, 2.45) is 10.7 Å². The van der Waals surface area contributed by atoms with E-state index in [2.05, 4.69) is 10.3 Å². The quantitative estimate of drug-likeness (QED) is 0.162. The summed E-state index contributed by atoms with van der Waals surface area (Å²) < 4.78 is 46.1. The highest BCUT2D eigenvalue weighted by atomic mass is 35.5. The summed E-state index contributed by atoms with van der Waals surface area (Å²) in [6, 6.07) is -0.0791. The number of hydrogen-bond acceptors (Lipinski definition) is 5. The number of ether oxygens (including phenoxy) is 1.